The summed E-state index contributed by atoms with van der Waals surface area (Å²) in [6.45, 7) is 0. The van der Waals surface area contributed by atoms with Crippen LogP contribution in [0.15, 0.2) is 168 Å². The summed E-state index contributed by atoms with van der Waals surface area (Å²) < 4.78 is 8.79. The van der Waals surface area contributed by atoms with E-state index in [1.54, 1.807) is 0 Å². The Bertz CT molecular complexity index is 2910. The minimum Gasteiger partial charge on any atom is -0.456 e. The molecule has 3 aromatic heterocycles. The van der Waals surface area contributed by atoms with E-state index < -0.39 is 0 Å². The molecule has 0 saturated carbocycles. The van der Waals surface area contributed by atoms with Crippen molar-refractivity contribution in [3.8, 4) is 51.0 Å². The number of para-hydroxylation sites is 2. The van der Waals surface area contributed by atoms with Crippen LogP contribution in [0.3, 0.4) is 0 Å². The Morgan fingerprint density at radius 2 is 1.04 bits per heavy atom. The summed E-state index contributed by atoms with van der Waals surface area (Å²) in [4.78, 5) is 15.0. The van der Waals surface area contributed by atoms with E-state index in [1.165, 1.54) is 21.8 Å². The highest BCUT2D eigenvalue weighted by molar-refractivity contribution is 7.27. The Hall–Kier alpha value is -6.42. The average Bonchev–Trinajstić information content (AvgIpc) is 3.74. The van der Waals surface area contributed by atoms with Crippen LogP contribution in [-0.2, 0) is 0 Å². The lowest BCUT2D eigenvalue weighted by Crippen LogP contribution is -2.01. The second kappa shape index (κ2) is 11.9. The van der Waals surface area contributed by atoms with Crippen molar-refractivity contribution in [1.29, 1.82) is 0 Å². The maximum atomic E-state index is 6.45. The van der Waals surface area contributed by atoms with Crippen molar-refractivity contribution in [3.63, 3.8) is 0 Å². The van der Waals surface area contributed by atoms with E-state index in [-0.39, 0.29) is 0 Å². The van der Waals surface area contributed by atoms with Crippen molar-refractivity contribution >= 4 is 58.3 Å². The Morgan fingerprint density at radius 3 is 1.82 bits per heavy atom. The van der Waals surface area contributed by atoms with Gasteiger partial charge in [-0.05, 0) is 65.0 Å². The van der Waals surface area contributed by atoms with Crippen LogP contribution in [0.25, 0.3) is 94.7 Å². The first-order valence-corrected chi connectivity index (χ1v) is 17.5. The van der Waals surface area contributed by atoms with Gasteiger partial charge in [-0.1, -0.05) is 115 Å². The fraction of sp³-hybridized carbons (Fsp3) is 0. The zero-order chi connectivity index (χ0) is 33.9. The molecule has 51 heavy (non-hydrogen) atoms. The van der Waals surface area contributed by atoms with E-state index in [4.69, 9.17) is 19.4 Å². The lowest BCUT2D eigenvalue weighted by molar-refractivity contribution is 0.669. The molecule has 10 rings (SSSR count). The van der Waals surface area contributed by atoms with Crippen molar-refractivity contribution < 1.29 is 4.42 Å². The normalized spacial score (nSPS) is 11.6. The molecule has 0 radical (unpaired) electrons. The van der Waals surface area contributed by atoms with Gasteiger partial charge >= 0.3 is 0 Å². The minimum absolute atomic E-state index is 0.600. The van der Waals surface area contributed by atoms with E-state index in [9.17, 15) is 0 Å². The summed E-state index contributed by atoms with van der Waals surface area (Å²) in [5, 5.41) is 5.53. The van der Waals surface area contributed by atoms with E-state index in [1.807, 2.05) is 66.7 Å². The summed E-state index contributed by atoms with van der Waals surface area (Å²) in [5.41, 5.74) is 10.1. The molecule has 7 aromatic carbocycles. The number of aromatic nitrogens is 4. The summed E-state index contributed by atoms with van der Waals surface area (Å²) in [5.74, 6) is 1.85. The third-order valence-corrected chi connectivity index (χ3v) is 9.98. The van der Waals surface area contributed by atoms with Crippen LogP contribution >= 0.6 is 9.24 Å². The third-order valence-electron chi connectivity index (χ3n) is 9.59. The molecule has 0 fully saturated rings. The minimum atomic E-state index is 0.600. The summed E-state index contributed by atoms with van der Waals surface area (Å²) in [6, 6.07) is 56.8. The van der Waals surface area contributed by atoms with Crippen LogP contribution in [0.1, 0.15) is 0 Å². The number of fused-ring (bicyclic) bond motifs is 6. The summed E-state index contributed by atoms with van der Waals surface area (Å²) in [6.07, 6.45) is 0. The second-order valence-electron chi connectivity index (χ2n) is 12.7. The van der Waals surface area contributed by atoms with E-state index in [0.29, 0.717) is 17.5 Å². The van der Waals surface area contributed by atoms with Gasteiger partial charge in [-0.15, -0.1) is 9.24 Å². The summed E-state index contributed by atoms with van der Waals surface area (Å²) in [7, 11) is 2.74. The monoisotopic (exact) mass is 672 g/mol. The Labute approximate surface area is 296 Å². The molecule has 0 aliphatic rings. The predicted molar refractivity (Wildman–Crippen MR) is 213 cm³/mol. The molecule has 6 heteroatoms. The van der Waals surface area contributed by atoms with Gasteiger partial charge in [0.1, 0.15) is 11.2 Å². The largest absolute Gasteiger partial charge is 0.456 e. The molecule has 0 aliphatic heterocycles. The Morgan fingerprint density at radius 1 is 0.431 bits per heavy atom. The van der Waals surface area contributed by atoms with Crippen molar-refractivity contribution in [1.82, 2.24) is 19.5 Å². The van der Waals surface area contributed by atoms with Crippen molar-refractivity contribution in [2.45, 2.75) is 0 Å². The average molecular weight is 673 g/mol. The van der Waals surface area contributed by atoms with Gasteiger partial charge in [0.05, 0.1) is 11.0 Å². The number of hydrogen-bond donors (Lipinski definition) is 0. The SMILES string of the molecule is Pc1ccc(-c2nc(-c3ccccc3)nc(-c3cccc4oc5ccc(-c6ccc7c(c6)c6ccccc6n7-c6ccccc6)cc5c34)n2)cc1. The van der Waals surface area contributed by atoms with Gasteiger partial charge in [-0.3, -0.25) is 0 Å². The fourth-order valence-corrected chi connectivity index (χ4v) is 7.37. The molecule has 0 bridgehead atoms. The number of nitrogens with zero attached hydrogens (tertiary/aromatic N) is 4. The Balaban J connectivity index is 1.16. The molecule has 1 atom stereocenters. The molecule has 5 nitrogen and oxygen atoms in total. The third kappa shape index (κ3) is 5.01. The molecule has 10 aromatic rings. The van der Waals surface area contributed by atoms with Gasteiger partial charge in [-0.25, -0.2) is 15.0 Å². The zero-order valence-corrected chi connectivity index (χ0v) is 28.5. The van der Waals surface area contributed by atoms with Crippen LogP contribution in [0.5, 0.6) is 0 Å². The zero-order valence-electron chi connectivity index (χ0n) is 27.4. The molecule has 240 valence electrons. The van der Waals surface area contributed by atoms with E-state index in [0.717, 1.165) is 60.7 Å². The molecular weight excluding hydrogens is 643 g/mol. The van der Waals surface area contributed by atoms with Crippen LogP contribution in [0.2, 0.25) is 0 Å². The van der Waals surface area contributed by atoms with Gasteiger partial charge < -0.3 is 8.98 Å². The number of rotatable bonds is 5. The van der Waals surface area contributed by atoms with Gasteiger partial charge in [0.25, 0.3) is 0 Å². The summed E-state index contributed by atoms with van der Waals surface area (Å²) >= 11 is 0. The molecular formula is C45H29N4OP. The lowest BCUT2D eigenvalue weighted by Gasteiger charge is -2.10. The molecule has 0 saturated heterocycles. The van der Waals surface area contributed by atoms with Gasteiger partial charge in [0, 0.05) is 43.9 Å². The van der Waals surface area contributed by atoms with Gasteiger partial charge in [0.2, 0.25) is 0 Å². The Kier molecular flexibility index (Phi) is 6.87. The smallest absolute Gasteiger partial charge is 0.164 e. The van der Waals surface area contributed by atoms with E-state index >= 15 is 0 Å². The van der Waals surface area contributed by atoms with Crippen molar-refractivity contribution in [2.24, 2.45) is 0 Å². The van der Waals surface area contributed by atoms with E-state index in [2.05, 4.69) is 111 Å². The highest BCUT2D eigenvalue weighted by Gasteiger charge is 2.19. The second-order valence-corrected chi connectivity index (χ2v) is 13.4. The topological polar surface area (TPSA) is 56.7 Å². The van der Waals surface area contributed by atoms with Gasteiger partial charge in [0.15, 0.2) is 17.5 Å². The van der Waals surface area contributed by atoms with Gasteiger partial charge in [-0.2, -0.15) is 0 Å². The molecule has 0 N–H and O–H groups in total. The highest BCUT2D eigenvalue weighted by Crippen LogP contribution is 2.40. The maximum absolute atomic E-state index is 6.45. The number of benzene rings is 7. The first-order valence-electron chi connectivity index (χ1n) is 16.9. The van der Waals surface area contributed by atoms with Crippen LogP contribution < -0.4 is 5.30 Å². The highest BCUT2D eigenvalue weighted by atomic mass is 31.0. The molecule has 1 unspecified atom stereocenters. The van der Waals surface area contributed by atoms with Crippen LogP contribution in [-0.4, -0.2) is 19.5 Å². The first kappa shape index (κ1) is 29.5. The van der Waals surface area contributed by atoms with Crippen molar-refractivity contribution in [2.75, 3.05) is 0 Å². The fourth-order valence-electron chi connectivity index (χ4n) is 7.17. The van der Waals surface area contributed by atoms with Crippen LogP contribution in [0.4, 0.5) is 0 Å². The molecule has 0 spiro atoms. The quantitative estimate of drug-likeness (QED) is 0.171. The van der Waals surface area contributed by atoms with Crippen LogP contribution in [0, 0.1) is 0 Å². The molecule has 0 amide bonds. The maximum Gasteiger partial charge on any atom is 0.164 e. The number of furan rings is 1. The predicted octanol–water partition coefficient (Wildman–Crippen LogP) is 11.0. The molecule has 3 heterocycles. The lowest BCUT2D eigenvalue weighted by atomic mass is 9.99. The first-order chi connectivity index (χ1) is 25.2. The van der Waals surface area contributed by atoms with Crippen molar-refractivity contribution in [3.05, 3.63) is 164 Å². The molecule has 0 aliphatic carbocycles. The number of hydrogen-bond acceptors (Lipinski definition) is 4. The standard InChI is InChI=1S/C45H29N4OP/c51-33-22-18-29(19-23-33)44-46-43(28-10-3-1-4-11-28)47-45(48-44)35-15-9-17-41-42(35)37-27-31(21-25-40(37)50-41)30-20-24-39-36(26-30)34-14-7-8-16-38(34)49(39)32-12-5-2-6-13-32/h1-27H,51H2.